The molecular formula is C8H7BrClFO. The summed E-state index contributed by atoms with van der Waals surface area (Å²) in [5.41, 5.74) is 0.322. The van der Waals surface area contributed by atoms with E-state index >= 15 is 0 Å². The summed E-state index contributed by atoms with van der Waals surface area (Å²) in [5.74, 6) is -0.404. The Bertz CT molecular complexity index is 280. The van der Waals surface area contributed by atoms with Crippen molar-refractivity contribution in [1.82, 2.24) is 0 Å². The van der Waals surface area contributed by atoms with E-state index in [0.29, 0.717) is 10.0 Å². The fourth-order valence-electron chi connectivity index (χ4n) is 0.854. The van der Waals surface area contributed by atoms with Gasteiger partial charge in [-0.05, 0) is 12.1 Å². The maximum atomic E-state index is 13.1. The second kappa shape index (κ2) is 4.21. The van der Waals surface area contributed by atoms with Crippen molar-refractivity contribution in [2.24, 2.45) is 0 Å². The van der Waals surface area contributed by atoms with Crippen molar-refractivity contribution >= 4 is 27.5 Å². The number of benzene rings is 1. The normalized spacial score (nSPS) is 13.0. The van der Waals surface area contributed by atoms with Crippen molar-refractivity contribution < 1.29 is 9.50 Å². The van der Waals surface area contributed by atoms with Crippen molar-refractivity contribution in [3.05, 3.63) is 34.1 Å². The highest BCUT2D eigenvalue weighted by molar-refractivity contribution is 9.10. The van der Waals surface area contributed by atoms with Crippen LogP contribution in [0.25, 0.3) is 0 Å². The molecule has 0 heterocycles. The molecule has 4 heteroatoms. The van der Waals surface area contributed by atoms with Crippen LogP contribution in [0.3, 0.4) is 0 Å². The molecule has 66 valence electrons. The lowest BCUT2D eigenvalue weighted by atomic mass is 10.1. The van der Waals surface area contributed by atoms with Crippen LogP contribution in [0.15, 0.2) is 22.7 Å². The third kappa shape index (κ3) is 2.19. The summed E-state index contributed by atoms with van der Waals surface area (Å²) in [5, 5.41) is 8.00. The molecule has 0 fully saturated rings. The zero-order valence-corrected chi connectivity index (χ0v) is 8.44. The van der Waals surface area contributed by atoms with Crippen LogP contribution in [0, 0.1) is 5.82 Å². The molecule has 0 aliphatic carbocycles. The van der Waals surface area contributed by atoms with Gasteiger partial charge in [0.05, 0.1) is 12.0 Å². The molecule has 1 atom stereocenters. The monoisotopic (exact) mass is 252 g/mol. The van der Waals surface area contributed by atoms with Crippen molar-refractivity contribution in [2.75, 3.05) is 6.61 Å². The maximum absolute atomic E-state index is 13.1. The van der Waals surface area contributed by atoms with Gasteiger partial charge in [-0.1, -0.05) is 22.0 Å². The van der Waals surface area contributed by atoms with Crippen LogP contribution < -0.4 is 0 Å². The zero-order valence-electron chi connectivity index (χ0n) is 6.10. The average molecular weight is 253 g/mol. The van der Waals surface area contributed by atoms with E-state index in [1.54, 1.807) is 12.1 Å². The largest absolute Gasteiger partial charge is 0.394 e. The van der Waals surface area contributed by atoms with E-state index in [4.69, 9.17) is 16.7 Å². The highest BCUT2D eigenvalue weighted by atomic mass is 79.9. The van der Waals surface area contributed by atoms with Gasteiger partial charge in [0.1, 0.15) is 5.82 Å². The van der Waals surface area contributed by atoms with Gasteiger partial charge in [-0.2, -0.15) is 0 Å². The molecule has 0 aliphatic rings. The molecule has 0 aromatic heterocycles. The molecule has 0 unspecified atom stereocenters. The average Bonchev–Trinajstić information content (AvgIpc) is 2.03. The molecule has 0 radical (unpaired) electrons. The Morgan fingerprint density at radius 1 is 1.58 bits per heavy atom. The second-order valence-corrected chi connectivity index (χ2v) is 3.76. The molecule has 12 heavy (non-hydrogen) atoms. The minimum Gasteiger partial charge on any atom is -0.394 e. The molecule has 0 bridgehead atoms. The van der Waals surface area contributed by atoms with Crippen molar-refractivity contribution in [3.63, 3.8) is 0 Å². The summed E-state index contributed by atoms with van der Waals surface area (Å²) >= 11 is 8.76. The quantitative estimate of drug-likeness (QED) is 0.804. The molecule has 0 saturated heterocycles. The Hall–Kier alpha value is -0.120. The van der Waals surface area contributed by atoms with E-state index in [-0.39, 0.29) is 6.61 Å². The first kappa shape index (κ1) is 9.96. The van der Waals surface area contributed by atoms with E-state index < -0.39 is 11.2 Å². The minimum absolute atomic E-state index is 0.264. The number of aliphatic hydroxyl groups is 1. The van der Waals surface area contributed by atoms with Crippen LogP contribution in [0.5, 0.6) is 0 Å². The van der Waals surface area contributed by atoms with Gasteiger partial charge >= 0.3 is 0 Å². The molecule has 0 saturated carbocycles. The summed E-state index contributed by atoms with van der Waals surface area (Å²) in [6.45, 7) is -0.264. The predicted molar refractivity (Wildman–Crippen MR) is 49.8 cm³/mol. The van der Waals surface area contributed by atoms with Crippen molar-refractivity contribution in [3.8, 4) is 0 Å². The fraction of sp³-hybridized carbons (Fsp3) is 0.250. The highest BCUT2D eigenvalue weighted by Gasteiger charge is 2.11. The van der Waals surface area contributed by atoms with Crippen LogP contribution in [-0.4, -0.2) is 11.7 Å². The Labute approximate surface area is 83.3 Å². The molecule has 1 aromatic rings. The van der Waals surface area contributed by atoms with E-state index in [0.717, 1.165) is 0 Å². The number of hydrogen-bond donors (Lipinski definition) is 1. The summed E-state index contributed by atoms with van der Waals surface area (Å²) in [6.07, 6.45) is 0. The third-order valence-electron chi connectivity index (χ3n) is 1.46. The molecule has 1 nitrogen and oxygen atoms in total. The lowest BCUT2D eigenvalue weighted by Gasteiger charge is -2.06. The van der Waals surface area contributed by atoms with E-state index in [1.807, 2.05) is 0 Å². The number of rotatable bonds is 2. The summed E-state index contributed by atoms with van der Waals surface area (Å²) in [4.78, 5) is 0. The molecule has 0 spiro atoms. The topological polar surface area (TPSA) is 20.2 Å². The molecule has 1 rings (SSSR count). The third-order valence-corrected chi connectivity index (χ3v) is 2.33. The second-order valence-electron chi connectivity index (χ2n) is 2.32. The molecule has 1 aromatic carbocycles. The Kier molecular flexibility index (Phi) is 3.50. The fourth-order valence-corrected chi connectivity index (χ4v) is 1.36. The van der Waals surface area contributed by atoms with Crippen molar-refractivity contribution in [1.29, 1.82) is 0 Å². The predicted octanol–water partition coefficient (Wildman–Crippen LogP) is 2.86. The van der Waals surface area contributed by atoms with Gasteiger partial charge in [-0.25, -0.2) is 4.39 Å². The van der Waals surface area contributed by atoms with Crippen LogP contribution in [0.1, 0.15) is 10.9 Å². The molecule has 0 aliphatic heterocycles. The zero-order chi connectivity index (χ0) is 9.14. The first-order chi connectivity index (χ1) is 5.65. The number of alkyl halides is 1. The van der Waals surface area contributed by atoms with Crippen LogP contribution in [-0.2, 0) is 0 Å². The summed E-state index contributed by atoms with van der Waals surface area (Å²) in [6, 6.07) is 4.55. The van der Waals surface area contributed by atoms with Crippen LogP contribution in [0.2, 0.25) is 0 Å². The van der Waals surface area contributed by atoms with E-state index in [9.17, 15) is 4.39 Å². The molecular weight excluding hydrogens is 246 g/mol. The standard InChI is InChI=1S/C8H7BrClFO/c9-5-1-2-6(7(10)4-12)8(11)3-5/h1-3,7,12H,4H2/t7-/m1/s1. The van der Waals surface area contributed by atoms with Crippen LogP contribution >= 0.6 is 27.5 Å². The van der Waals surface area contributed by atoms with Gasteiger partial charge in [0, 0.05) is 10.0 Å². The summed E-state index contributed by atoms with van der Waals surface area (Å²) < 4.78 is 13.7. The van der Waals surface area contributed by atoms with E-state index in [2.05, 4.69) is 15.9 Å². The first-order valence-electron chi connectivity index (χ1n) is 3.35. The summed E-state index contributed by atoms with van der Waals surface area (Å²) in [7, 11) is 0. The smallest absolute Gasteiger partial charge is 0.129 e. The minimum atomic E-state index is -0.668. The van der Waals surface area contributed by atoms with Gasteiger partial charge in [-0.3, -0.25) is 0 Å². The Balaban J connectivity index is 3.01. The van der Waals surface area contributed by atoms with Gasteiger partial charge in [-0.15, -0.1) is 11.6 Å². The number of halogens is 3. The maximum Gasteiger partial charge on any atom is 0.129 e. The Morgan fingerprint density at radius 2 is 2.25 bits per heavy atom. The van der Waals surface area contributed by atoms with Crippen LogP contribution in [0.4, 0.5) is 4.39 Å². The molecule has 0 amide bonds. The molecule has 1 N–H and O–H groups in total. The van der Waals surface area contributed by atoms with Gasteiger partial charge < -0.3 is 5.11 Å². The highest BCUT2D eigenvalue weighted by Crippen LogP contribution is 2.24. The number of hydrogen-bond acceptors (Lipinski definition) is 1. The van der Waals surface area contributed by atoms with Gasteiger partial charge in [0.15, 0.2) is 0 Å². The Morgan fingerprint density at radius 3 is 2.75 bits per heavy atom. The lowest BCUT2D eigenvalue weighted by molar-refractivity contribution is 0.292. The van der Waals surface area contributed by atoms with E-state index in [1.165, 1.54) is 6.07 Å². The van der Waals surface area contributed by atoms with Crippen molar-refractivity contribution in [2.45, 2.75) is 5.38 Å². The van der Waals surface area contributed by atoms with Gasteiger partial charge in [0.25, 0.3) is 0 Å². The number of aliphatic hydroxyl groups excluding tert-OH is 1. The van der Waals surface area contributed by atoms with Gasteiger partial charge in [0.2, 0.25) is 0 Å². The first-order valence-corrected chi connectivity index (χ1v) is 4.58. The lowest BCUT2D eigenvalue weighted by Crippen LogP contribution is -1.98. The SMILES string of the molecule is OC[C@@H](Cl)c1ccc(Br)cc1F.